The normalized spacial score (nSPS) is 11.5. The van der Waals surface area contributed by atoms with Gasteiger partial charge in [0.2, 0.25) is 0 Å². The first-order chi connectivity index (χ1) is 12.5. The Morgan fingerprint density at radius 1 is 0.962 bits per heavy atom. The van der Waals surface area contributed by atoms with Crippen molar-refractivity contribution in [3.63, 3.8) is 0 Å². The largest absolute Gasteiger partial charge is 0.497 e. The van der Waals surface area contributed by atoms with Crippen LogP contribution in [-0.2, 0) is 6.42 Å². The van der Waals surface area contributed by atoms with E-state index in [1.807, 2.05) is 38.1 Å². The number of rotatable bonds is 8. The predicted molar refractivity (Wildman–Crippen MR) is 103 cm³/mol. The lowest BCUT2D eigenvalue weighted by atomic mass is 10.1. The van der Waals surface area contributed by atoms with Gasteiger partial charge >= 0.3 is 0 Å². The summed E-state index contributed by atoms with van der Waals surface area (Å²) in [5, 5.41) is 5.80. The first-order valence-electron chi connectivity index (χ1n) is 8.85. The van der Waals surface area contributed by atoms with Gasteiger partial charge in [0.25, 0.3) is 11.8 Å². The lowest BCUT2D eigenvalue weighted by Crippen LogP contribution is -2.32. The summed E-state index contributed by atoms with van der Waals surface area (Å²) in [5.74, 6) is 0.549. The van der Waals surface area contributed by atoms with E-state index in [-0.39, 0.29) is 17.9 Å². The maximum atomic E-state index is 12.2. The number of ether oxygens (including phenoxy) is 1. The minimum Gasteiger partial charge on any atom is -0.497 e. The molecule has 0 aliphatic rings. The molecule has 5 heteroatoms. The van der Waals surface area contributed by atoms with Crippen LogP contribution in [0, 0.1) is 0 Å². The van der Waals surface area contributed by atoms with Gasteiger partial charge in [-0.05, 0) is 61.7 Å². The van der Waals surface area contributed by atoms with Gasteiger partial charge in [-0.1, -0.05) is 19.1 Å². The summed E-state index contributed by atoms with van der Waals surface area (Å²) in [7, 11) is 1.63. The lowest BCUT2D eigenvalue weighted by molar-refractivity contribution is 0.0932. The number of methoxy groups -OCH3 is 1. The van der Waals surface area contributed by atoms with Crippen molar-refractivity contribution in [3.8, 4) is 5.75 Å². The van der Waals surface area contributed by atoms with Crippen molar-refractivity contribution in [3.05, 3.63) is 65.2 Å². The Labute approximate surface area is 154 Å². The zero-order valence-electron chi connectivity index (χ0n) is 15.5. The second-order valence-electron chi connectivity index (χ2n) is 6.21. The van der Waals surface area contributed by atoms with Crippen molar-refractivity contribution in [1.82, 2.24) is 10.6 Å². The molecule has 5 nitrogen and oxygen atoms in total. The summed E-state index contributed by atoms with van der Waals surface area (Å²) >= 11 is 0. The van der Waals surface area contributed by atoms with Gasteiger partial charge in [0.15, 0.2) is 0 Å². The van der Waals surface area contributed by atoms with Crippen molar-refractivity contribution < 1.29 is 14.3 Å². The van der Waals surface area contributed by atoms with Gasteiger partial charge in [-0.15, -0.1) is 0 Å². The van der Waals surface area contributed by atoms with Gasteiger partial charge in [0, 0.05) is 23.7 Å². The number of hydrogen-bond acceptors (Lipinski definition) is 3. The molecule has 2 aromatic carbocycles. The van der Waals surface area contributed by atoms with Crippen LogP contribution in [0.4, 0.5) is 0 Å². The molecule has 0 aliphatic carbocycles. The molecule has 0 radical (unpaired) electrons. The van der Waals surface area contributed by atoms with Crippen LogP contribution in [0.1, 0.15) is 46.5 Å². The van der Waals surface area contributed by atoms with Crippen LogP contribution >= 0.6 is 0 Å². The van der Waals surface area contributed by atoms with E-state index in [9.17, 15) is 9.59 Å². The molecule has 0 spiro atoms. The van der Waals surface area contributed by atoms with Gasteiger partial charge in [0.1, 0.15) is 5.75 Å². The van der Waals surface area contributed by atoms with E-state index >= 15 is 0 Å². The molecule has 0 saturated heterocycles. The Kier molecular flexibility index (Phi) is 7.21. The second kappa shape index (κ2) is 9.61. The van der Waals surface area contributed by atoms with E-state index in [0.29, 0.717) is 17.7 Å². The highest BCUT2D eigenvalue weighted by molar-refractivity contribution is 5.97. The average Bonchev–Trinajstić information content (AvgIpc) is 2.68. The molecule has 0 saturated carbocycles. The molecule has 0 bridgehead atoms. The molecule has 2 rings (SSSR count). The van der Waals surface area contributed by atoms with Gasteiger partial charge in [0.05, 0.1) is 7.11 Å². The number of benzene rings is 2. The summed E-state index contributed by atoms with van der Waals surface area (Å²) in [4.78, 5) is 24.3. The van der Waals surface area contributed by atoms with Crippen molar-refractivity contribution in [2.45, 2.75) is 32.7 Å². The molecule has 1 atom stereocenters. The van der Waals surface area contributed by atoms with Crippen molar-refractivity contribution in [2.75, 3.05) is 13.7 Å². The van der Waals surface area contributed by atoms with E-state index in [0.717, 1.165) is 24.2 Å². The molecular weight excluding hydrogens is 328 g/mol. The van der Waals surface area contributed by atoms with Crippen LogP contribution in [0.5, 0.6) is 5.75 Å². The van der Waals surface area contributed by atoms with Crippen LogP contribution in [0.2, 0.25) is 0 Å². The second-order valence-corrected chi connectivity index (χ2v) is 6.21. The fourth-order valence-electron chi connectivity index (χ4n) is 2.40. The molecule has 0 heterocycles. The van der Waals surface area contributed by atoms with Gasteiger partial charge in [-0.2, -0.15) is 0 Å². The molecule has 26 heavy (non-hydrogen) atoms. The molecule has 0 aliphatic heterocycles. The SMILES string of the molecule is CCC(C)NC(=O)c1ccc(C(=O)NCCc2ccc(OC)cc2)cc1. The molecule has 2 amide bonds. The Morgan fingerprint density at radius 3 is 2.08 bits per heavy atom. The monoisotopic (exact) mass is 354 g/mol. The maximum absolute atomic E-state index is 12.2. The Morgan fingerprint density at radius 2 is 1.54 bits per heavy atom. The molecule has 1 unspecified atom stereocenters. The fraction of sp³-hybridized carbons (Fsp3) is 0.333. The van der Waals surface area contributed by atoms with Crippen LogP contribution < -0.4 is 15.4 Å². The van der Waals surface area contributed by atoms with E-state index in [2.05, 4.69) is 10.6 Å². The highest BCUT2D eigenvalue weighted by Crippen LogP contribution is 2.11. The molecule has 2 aromatic rings. The standard InChI is InChI=1S/C21H26N2O3/c1-4-15(2)23-21(25)18-9-7-17(8-10-18)20(24)22-14-13-16-5-11-19(26-3)12-6-16/h5-12,15H,4,13-14H2,1-3H3,(H,22,24)(H,23,25). The first-order valence-corrected chi connectivity index (χ1v) is 8.85. The zero-order valence-corrected chi connectivity index (χ0v) is 15.5. The summed E-state index contributed by atoms with van der Waals surface area (Å²) in [6, 6.07) is 14.6. The molecule has 0 aromatic heterocycles. The fourth-order valence-corrected chi connectivity index (χ4v) is 2.40. The summed E-state index contributed by atoms with van der Waals surface area (Å²) in [6.45, 7) is 4.52. The van der Waals surface area contributed by atoms with Crippen LogP contribution in [-0.4, -0.2) is 31.5 Å². The van der Waals surface area contributed by atoms with Crippen molar-refractivity contribution in [2.24, 2.45) is 0 Å². The zero-order chi connectivity index (χ0) is 18.9. The smallest absolute Gasteiger partial charge is 0.251 e. The van der Waals surface area contributed by atoms with Gasteiger partial charge < -0.3 is 15.4 Å². The third-order valence-electron chi connectivity index (χ3n) is 4.26. The number of carbonyl (C=O) groups is 2. The highest BCUT2D eigenvalue weighted by atomic mass is 16.5. The van der Waals surface area contributed by atoms with Gasteiger partial charge in [-0.25, -0.2) is 0 Å². The van der Waals surface area contributed by atoms with E-state index in [4.69, 9.17) is 4.74 Å². The van der Waals surface area contributed by atoms with E-state index in [1.165, 1.54) is 0 Å². The number of nitrogens with one attached hydrogen (secondary N) is 2. The Balaban J connectivity index is 1.84. The number of carbonyl (C=O) groups excluding carboxylic acids is 2. The summed E-state index contributed by atoms with van der Waals surface area (Å²) in [5.41, 5.74) is 2.23. The van der Waals surface area contributed by atoms with Crippen molar-refractivity contribution in [1.29, 1.82) is 0 Å². The summed E-state index contributed by atoms with van der Waals surface area (Å²) in [6.07, 6.45) is 1.62. The quantitative estimate of drug-likeness (QED) is 0.765. The van der Waals surface area contributed by atoms with Crippen LogP contribution in [0.3, 0.4) is 0 Å². The molecular formula is C21H26N2O3. The lowest BCUT2D eigenvalue weighted by Gasteiger charge is -2.11. The van der Waals surface area contributed by atoms with Gasteiger partial charge in [-0.3, -0.25) is 9.59 Å². The van der Waals surface area contributed by atoms with Crippen LogP contribution in [0.25, 0.3) is 0 Å². The average molecular weight is 354 g/mol. The molecule has 0 fully saturated rings. The maximum Gasteiger partial charge on any atom is 0.251 e. The number of hydrogen-bond donors (Lipinski definition) is 2. The third-order valence-corrected chi connectivity index (χ3v) is 4.26. The Bertz CT molecular complexity index is 724. The minimum atomic E-state index is -0.146. The molecule has 138 valence electrons. The minimum absolute atomic E-state index is 0.120. The highest BCUT2D eigenvalue weighted by Gasteiger charge is 2.10. The van der Waals surface area contributed by atoms with Crippen LogP contribution in [0.15, 0.2) is 48.5 Å². The van der Waals surface area contributed by atoms with E-state index < -0.39 is 0 Å². The topological polar surface area (TPSA) is 67.4 Å². The first kappa shape index (κ1) is 19.5. The summed E-state index contributed by atoms with van der Waals surface area (Å²) < 4.78 is 5.13. The Hall–Kier alpha value is -2.82. The number of amides is 2. The molecule has 2 N–H and O–H groups in total. The van der Waals surface area contributed by atoms with Crippen molar-refractivity contribution >= 4 is 11.8 Å². The van der Waals surface area contributed by atoms with E-state index in [1.54, 1.807) is 31.4 Å². The predicted octanol–water partition coefficient (Wildman–Crippen LogP) is 3.20. The third kappa shape index (κ3) is 5.62.